The van der Waals surface area contributed by atoms with Crippen molar-refractivity contribution >= 4 is 0 Å². The Bertz CT molecular complexity index is 397. The van der Waals surface area contributed by atoms with Crippen LogP contribution in [0.3, 0.4) is 0 Å². The van der Waals surface area contributed by atoms with Crippen molar-refractivity contribution in [3.8, 4) is 11.5 Å². The van der Waals surface area contributed by atoms with Gasteiger partial charge < -0.3 is 14.8 Å². The van der Waals surface area contributed by atoms with Crippen LogP contribution < -0.4 is 14.8 Å². The summed E-state index contributed by atoms with van der Waals surface area (Å²) in [5.41, 5.74) is 2.77. The van der Waals surface area contributed by atoms with Crippen molar-refractivity contribution in [2.75, 3.05) is 13.3 Å². The van der Waals surface area contributed by atoms with Crippen LogP contribution in [0.4, 0.5) is 0 Å². The first-order valence-electron chi connectivity index (χ1n) is 6.04. The van der Waals surface area contributed by atoms with Crippen LogP contribution in [0.15, 0.2) is 12.1 Å². The smallest absolute Gasteiger partial charge is 0.231 e. The molecule has 3 nitrogen and oxygen atoms in total. The van der Waals surface area contributed by atoms with Gasteiger partial charge in [0.2, 0.25) is 6.79 Å². The van der Waals surface area contributed by atoms with E-state index in [-0.39, 0.29) is 0 Å². The Kier molecular flexibility index (Phi) is 2.48. The lowest BCUT2D eigenvalue weighted by Gasteiger charge is -2.16. The van der Waals surface area contributed by atoms with Crippen LogP contribution in [0.5, 0.6) is 11.5 Å². The molecule has 1 aromatic carbocycles. The van der Waals surface area contributed by atoms with E-state index in [1.165, 1.54) is 24.0 Å². The number of rotatable bonds is 2. The molecule has 0 bridgehead atoms. The van der Waals surface area contributed by atoms with Crippen LogP contribution in [0, 0.1) is 0 Å². The van der Waals surface area contributed by atoms with Crippen LogP contribution in [0.25, 0.3) is 0 Å². The third-order valence-corrected chi connectivity index (χ3v) is 3.45. The van der Waals surface area contributed by atoms with Crippen molar-refractivity contribution in [1.82, 2.24) is 5.32 Å². The van der Waals surface area contributed by atoms with Crippen molar-refractivity contribution in [3.05, 3.63) is 23.3 Å². The van der Waals surface area contributed by atoms with E-state index >= 15 is 0 Å². The van der Waals surface area contributed by atoms with Gasteiger partial charge in [-0.2, -0.15) is 0 Å². The molecule has 0 aromatic heterocycles. The molecular weight excluding hydrogens is 202 g/mol. The summed E-state index contributed by atoms with van der Waals surface area (Å²) in [5.74, 6) is 1.81. The SMILES string of the molecule is CCc1cc2c(cc1C1CCCN1)OCO2. The maximum absolute atomic E-state index is 5.45. The zero-order chi connectivity index (χ0) is 11.0. The third-order valence-electron chi connectivity index (χ3n) is 3.45. The Labute approximate surface area is 95.8 Å². The van der Waals surface area contributed by atoms with Crippen molar-refractivity contribution in [3.63, 3.8) is 0 Å². The fourth-order valence-electron chi connectivity index (χ4n) is 2.58. The van der Waals surface area contributed by atoms with Crippen LogP contribution >= 0.6 is 0 Å². The van der Waals surface area contributed by atoms with E-state index in [0.717, 1.165) is 24.5 Å². The monoisotopic (exact) mass is 219 g/mol. The van der Waals surface area contributed by atoms with Gasteiger partial charge in [0.05, 0.1) is 0 Å². The molecule has 86 valence electrons. The Morgan fingerprint density at radius 3 is 2.81 bits per heavy atom. The predicted molar refractivity (Wildman–Crippen MR) is 61.9 cm³/mol. The van der Waals surface area contributed by atoms with E-state index in [1.807, 2.05) is 0 Å². The Morgan fingerprint density at radius 2 is 2.12 bits per heavy atom. The minimum absolute atomic E-state index is 0.361. The molecule has 0 saturated carbocycles. The molecule has 2 aliphatic rings. The normalized spacial score (nSPS) is 22.7. The number of hydrogen-bond acceptors (Lipinski definition) is 3. The van der Waals surface area contributed by atoms with E-state index in [4.69, 9.17) is 9.47 Å². The van der Waals surface area contributed by atoms with E-state index in [2.05, 4.69) is 24.4 Å². The number of benzene rings is 1. The van der Waals surface area contributed by atoms with E-state index < -0.39 is 0 Å². The van der Waals surface area contributed by atoms with Gasteiger partial charge in [0.25, 0.3) is 0 Å². The molecule has 3 heteroatoms. The number of nitrogens with one attached hydrogen (secondary N) is 1. The van der Waals surface area contributed by atoms with E-state index in [9.17, 15) is 0 Å². The Morgan fingerprint density at radius 1 is 1.31 bits per heavy atom. The fraction of sp³-hybridized carbons (Fsp3) is 0.538. The zero-order valence-electron chi connectivity index (χ0n) is 9.58. The van der Waals surface area contributed by atoms with Gasteiger partial charge in [0, 0.05) is 6.04 Å². The standard InChI is InChI=1S/C13H17NO2/c1-2-9-6-12-13(16-8-15-12)7-10(9)11-4-3-5-14-11/h6-7,11,14H,2-5,8H2,1H3. The molecule has 0 aliphatic carbocycles. The third kappa shape index (κ3) is 1.55. The van der Waals surface area contributed by atoms with Gasteiger partial charge >= 0.3 is 0 Å². The van der Waals surface area contributed by atoms with E-state index in [1.54, 1.807) is 0 Å². The summed E-state index contributed by atoms with van der Waals surface area (Å²) < 4.78 is 10.9. The van der Waals surface area contributed by atoms with Gasteiger partial charge in [-0.05, 0) is 49.1 Å². The lowest BCUT2D eigenvalue weighted by atomic mass is 9.97. The molecule has 1 N–H and O–H groups in total. The van der Waals surface area contributed by atoms with Crippen molar-refractivity contribution < 1.29 is 9.47 Å². The van der Waals surface area contributed by atoms with Crippen LogP contribution in [0.2, 0.25) is 0 Å². The number of ether oxygens (including phenoxy) is 2. The molecule has 2 heterocycles. The van der Waals surface area contributed by atoms with Gasteiger partial charge in [-0.25, -0.2) is 0 Å². The van der Waals surface area contributed by atoms with Crippen molar-refractivity contribution in [2.45, 2.75) is 32.2 Å². The van der Waals surface area contributed by atoms with Crippen molar-refractivity contribution in [1.29, 1.82) is 0 Å². The molecule has 0 radical (unpaired) electrons. The molecule has 0 spiro atoms. The van der Waals surface area contributed by atoms with Crippen molar-refractivity contribution in [2.24, 2.45) is 0 Å². The number of hydrogen-bond donors (Lipinski definition) is 1. The van der Waals surface area contributed by atoms with Gasteiger partial charge in [0.15, 0.2) is 11.5 Å². The minimum Gasteiger partial charge on any atom is -0.454 e. The van der Waals surface area contributed by atoms with Crippen LogP contribution in [-0.4, -0.2) is 13.3 Å². The zero-order valence-corrected chi connectivity index (χ0v) is 9.58. The minimum atomic E-state index is 0.361. The first-order valence-corrected chi connectivity index (χ1v) is 6.04. The van der Waals surface area contributed by atoms with Gasteiger partial charge in [0.1, 0.15) is 0 Å². The fourth-order valence-corrected chi connectivity index (χ4v) is 2.58. The van der Waals surface area contributed by atoms with Gasteiger partial charge in [-0.3, -0.25) is 0 Å². The Hall–Kier alpha value is -1.22. The molecule has 16 heavy (non-hydrogen) atoms. The second kappa shape index (κ2) is 3.98. The maximum atomic E-state index is 5.45. The lowest BCUT2D eigenvalue weighted by Crippen LogP contribution is -2.14. The molecule has 1 saturated heterocycles. The van der Waals surface area contributed by atoms with Crippen LogP contribution in [0.1, 0.15) is 36.9 Å². The largest absolute Gasteiger partial charge is 0.454 e. The summed E-state index contributed by atoms with van der Waals surface area (Å²) in [7, 11) is 0. The highest BCUT2D eigenvalue weighted by Gasteiger charge is 2.23. The molecular formula is C13H17NO2. The van der Waals surface area contributed by atoms with E-state index in [0.29, 0.717) is 12.8 Å². The topological polar surface area (TPSA) is 30.5 Å². The summed E-state index contributed by atoms with van der Waals surface area (Å²) in [4.78, 5) is 0. The van der Waals surface area contributed by atoms with Gasteiger partial charge in [-0.15, -0.1) is 0 Å². The Balaban J connectivity index is 2.01. The summed E-state index contributed by atoms with van der Waals surface area (Å²) >= 11 is 0. The maximum Gasteiger partial charge on any atom is 0.231 e. The number of fused-ring (bicyclic) bond motifs is 1. The summed E-state index contributed by atoms with van der Waals surface area (Å²) in [5, 5.41) is 3.54. The van der Waals surface area contributed by atoms with Gasteiger partial charge in [-0.1, -0.05) is 6.92 Å². The average molecular weight is 219 g/mol. The first kappa shape index (κ1) is 9.97. The lowest BCUT2D eigenvalue weighted by molar-refractivity contribution is 0.174. The molecule has 1 atom stereocenters. The molecule has 2 aliphatic heterocycles. The first-order chi connectivity index (χ1) is 7.88. The average Bonchev–Trinajstić information content (AvgIpc) is 2.97. The summed E-state index contributed by atoms with van der Waals surface area (Å²) in [6.07, 6.45) is 3.54. The summed E-state index contributed by atoms with van der Waals surface area (Å²) in [6.45, 7) is 3.68. The molecule has 0 amide bonds. The highest BCUT2D eigenvalue weighted by atomic mass is 16.7. The second-order valence-electron chi connectivity index (χ2n) is 4.41. The predicted octanol–water partition coefficient (Wildman–Crippen LogP) is 2.40. The highest BCUT2D eigenvalue weighted by Crippen LogP contribution is 2.38. The second-order valence-corrected chi connectivity index (χ2v) is 4.41. The van der Waals surface area contributed by atoms with Crippen LogP contribution in [-0.2, 0) is 6.42 Å². The number of aryl methyl sites for hydroxylation is 1. The molecule has 1 unspecified atom stereocenters. The summed E-state index contributed by atoms with van der Waals surface area (Å²) in [6, 6.07) is 4.80. The molecule has 3 rings (SSSR count). The molecule has 1 fully saturated rings. The highest BCUT2D eigenvalue weighted by molar-refractivity contribution is 5.49. The molecule has 1 aromatic rings. The quantitative estimate of drug-likeness (QED) is 0.828.